The summed E-state index contributed by atoms with van der Waals surface area (Å²) >= 11 is 7.88. The van der Waals surface area contributed by atoms with Crippen LogP contribution < -0.4 is 10.6 Å². The van der Waals surface area contributed by atoms with Crippen molar-refractivity contribution in [1.82, 2.24) is 5.32 Å². The Hall–Kier alpha value is -2.43. The molecule has 2 saturated carbocycles. The Morgan fingerprint density at radius 3 is 2.71 bits per heavy atom. The van der Waals surface area contributed by atoms with Crippen molar-refractivity contribution in [3.05, 3.63) is 100 Å². The molecule has 5 heteroatoms. The minimum absolute atomic E-state index is 0.0287. The average Bonchev–Trinajstić information content (AvgIpc) is 3.51. The van der Waals surface area contributed by atoms with E-state index in [1.165, 1.54) is 41.6 Å². The summed E-state index contributed by atoms with van der Waals surface area (Å²) in [6.45, 7) is 0.659. The van der Waals surface area contributed by atoms with E-state index in [1.54, 1.807) is 0 Å². The minimum atomic E-state index is 0.0287. The molecular formula is C30H31ClN2OS. The van der Waals surface area contributed by atoms with Gasteiger partial charge in [0.2, 0.25) is 0 Å². The zero-order valence-electron chi connectivity index (χ0n) is 19.8. The van der Waals surface area contributed by atoms with Crippen molar-refractivity contribution in [2.45, 2.75) is 37.0 Å². The Balaban J connectivity index is 1.13. The first-order valence-corrected chi connectivity index (χ1v) is 14.3. The highest BCUT2D eigenvalue weighted by Gasteiger charge is 2.53. The molecule has 180 valence electrons. The Labute approximate surface area is 217 Å². The van der Waals surface area contributed by atoms with Gasteiger partial charge in [-0.2, -0.15) is 11.8 Å². The van der Waals surface area contributed by atoms with Crippen LogP contribution in [0.15, 0.2) is 72.8 Å². The molecule has 0 saturated heterocycles. The van der Waals surface area contributed by atoms with Crippen molar-refractivity contribution < 1.29 is 4.79 Å². The van der Waals surface area contributed by atoms with Gasteiger partial charge in [-0.1, -0.05) is 54.1 Å². The first kappa shape index (κ1) is 23.0. The summed E-state index contributed by atoms with van der Waals surface area (Å²) in [5.41, 5.74) is 5.95. The molecule has 3 aliphatic rings. The number of rotatable bonds is 7. The van der Waals surface area contributed by atoms with Crippen molar-refractivity contribution >= 4 is 35.0 Å². The number of carbonyl (C=O) groups excluding carboxylic acids is 1. The fourth-order valence-corrected chi connectivity index (χ4v) is 7.79. The molecule has 3 aromatic carbocycles. The van der Waals surface area contributed by atoms with Crippen LogP contribution in [0.3, 0.4) is 0 Å². The van der Waals surface area contributed by atoms with Crippen molar-refractivity contribution in [3.8, 4) is 0 Å². The molecule has 1 heterocycles. The molecule has 5 atom stereocenters. The van der Waals surface area contributed by atoms with Crippen LogP contribution in [-0.2, 0) is 5.75 Å². The van der Waals surface area contributed by atoms with Gasteiger partial charge >= 0.3 is 0 Å². The molecule has 0 spiro atoms. The van der Waals surface area contributed by atoms with Crippen molar-refractivity contribution in [2.24, 2.45) is 17.8 Å². The van der Waals surface area contributed by atoms with E-state index in [0.717, 1.165) is 33.9 Å². The number of amides is 1. The van der Waals surface area contributed by atoms with Crippen LogP contribution in [-0.4, -0.2) is 18.2 Å². The van der Waals surface area contributed by atoms with Gasteiger partial charge in [-0.15, -0.1) is 0 Å². The average molecular weight is 503 g/mol. The maximum atomic E-state index is 13.0. The first-order chi connectivity index (χ1) is 17.2. The number of benzene rings is 3. The molecule has 1 aliphatic heterocycles. The third-order valence-corrected chi connectivity index (χ3v) is 9.46. The summed E-state index contributed by atoms with van der Waals surface area (Å²) in [7, 11) is 0. The molecule has 0 aromatic heterocycles. The Kier molecular flexibility index (Phi) is 6.51. The van der Waals surface area contributed by atoms with Crippen molar-refractivity contribution in [1.29, 1.82) is 0 Å². The van der Waals surface area contributed by atoms with Crippen LogP contribution in [0.2, 0.25) is 5.02 Å². The van der Waals surface area contributed by atoms with Crippen LogP contribution in [0.25, 0.3) is 0 Å². The number of anilines is 1. The molecule has 0 unspecified atom stereocenters. The van der Waals surface area contributed by atoms with E-state index in [9.17, 15) is 4.79 Å². The van der Waals surface area contributed by atoms with Crippen molar-refractivity contribution in [2.75, 3.05) is 17.6 Å². The first-order valence-electron chi connectivity index (χ1n) is 12.7. The van der Waals surface area contributed by atoms with E-state index in [1.807, 2.05) is 36.0 Å². The molecule has 2 bridgehead atoms. The summed E-state index contributed by atoms with van der Waals surface area (Å²) in [5.74, 6) is 4.50. The van der Waals surface area contributed by atoms with Gasteiger partial charge in [0.15, 0.2) is 0 Å². The quantitative estimate of drug-likeness (QED) is 0.333. The second-order valence-corrected chi connectivity index (χ2v) is 11.8. The van der Waals surface area contributed by atoms with Crippen LogP contribution >= 0.6 is 23.4 Å². The molecular weight excluding hydrogens is 472 g/mol. The highest BCUT2D eigenvalue weighted by atomic mass is 35.5. The number of fused-ring (bicyclic) bond motifs is 7. The summed E-state index contributed by atoms with van der Waals surface area (Å²) in [6, 6.07) is 25.5. The number of carbonyl (C=O) groups is 1. The summed E-state index contributed by atoms with van der Waals surface area (Å²) < 4.78 is 0. The highest BCUT2D eigenvalue weighted by molar-refractivity contribution is 7.98. The summed E-state index contributed by atoms with van der Waals surface area (Å²) in [5, 5.41) is 7.77. The predicted octanol–water partition coefficient (Wildman–Crippen LogP) is 7.30. The molecule has 6 rings (SSSR count). The second-order valence-electron chi connectivity index (χ2n) is 10.2. The van der Waals surface area contributed by atoms with Crippen LogP contribution in [0.4, 0.5) is 5.69 Å². The van der Waals surface area contributed by atoms with Crippen LogP contribution in [0, 0.1) is 17.8 Å². The van der Waals surface area contributed by atoms with E-state index < -0.39 is 0 Å². The molecule has 3 aromatic rings. The van der Waals surface area contributed by atoms with Crippen molar-refractivity contribution in [3.63, 3.8) is 0 Å². The molecule has 35 heavy (non-hydrogen) atoms. The monoisotopic (exact) mass is 502 g/mol. The Morgan fingerprint density at radius 1 is 1.00 bits per heavy atom. The molecule has 0 radical (unpaired) electrons. The lowest BCUT2D eigenvalue weighted by Gasteiger charge is -2.43. The lowest BCUT2D eigenvalue weighted by Crippen LogP contribution is -2.35. The number of hydrogen-bond acceptors (Lipinski definition) is 3. The maximum absolute atomic E-state index is 13.0. The van der Waals surface area contributed by atoms with Gasteiger partial charge in [0.25, 0.3) is 5.91 Å². The number of hydrogen-bond donors (Lipinski definition) is 2. The molecule has 3 nitrogen and oxygen atoms in total. The maximum Gasteiger partial charge on any atom is 0.251 e. The minimum Gasteiger partial charge on any atom is -0.378 e. The standard InChI is InChI=1S/C30H31ClN2OS/c31-24-8-4-5-19(15-24)18-35-14-13-32-30(34)23-11-12-26-25(17-23)27-21-9-10-22(16-21)28(27)29(33-26)20-6-2-1-3-7-20/h1-8,11-12,15,17,21-22,27-29,33H,9-10,13-14,16,18H2,(H,32,34)/t21-,22-,27-,28-,29+/m0/s1. The van der Waals surface area contributed by atoms with Gasteiger partial charge in [0, 0.05) is 34.3 Å². The highest BCUT2D eigenvalue weighted by Crippen LogP contribution is 2.63. The predicted molar refractivity (Wildman–Crippen MR) is 146 cm³/mol. The Morgan fingerprint density at radius 2 is 1.86 bits per heavy atom. The SMILES string of the molecule is O=C(NCCSCc1cccc(Cl)c1)c1ccc2c(c1)[C@@H]1[C@H]3CC[C@@H](C3)[C@@H]1[C@@H](c1ccccc1)N2. The molecule has 2 N–H and O–H groups in total. The molecule has 1 amide bonds. The fraction of sp³-hybridized carbons (Fsp3) is 0.367. The normalized spacial score (nSPS) is 26.0. The topological polar surface area (TPSA) is 41.1 Å². The number of halogens is 1. The van der Waals surface area contributed by atoms with Crippen LogP contribution in [0.5, 0.6) is 0 Å². The third-order valence-electron chi connectivity index (χ3n) is 8.20. The van der Waals surface area contributed by atoms with Gasteiger partial charge in [-0.3, -0.25) is 4.79 Å². The van der Waals surface area contributed by atoms with E-state index in [2.05, 4.69) is 59.2 Å². The zero-order valence-corrected chi connectivity index (χ0v) is 21.3. The van der Waals surface area contributed by atoms with Gasteiger partial charge in [-0.25, -0.2) is 0 Å². The largest absolute Gasteiger partial charge is 0.378 e. The lowest BCUT2D eigenvalue weighted by atomic mass is 9.68. The van der Waals surface area contributed by atoms with Gasteiger partial charge in [-0.05, 0) is 90.0 Å². The lowest BCUT2D eigenvalue weighted by molar-refractivity contribution is 0.0956. The van der Waals surface area contributed by atoms with E-state index >= 15 is 0 Å². The molecule has 2 fully saturated rings. The second kappa shape index (κ2) is 9.91. The zero-order chi connectivity index (χ0) is 23.8. The third kappa shape index (κ3) is 4.59. The van der Waals surface area contributed by atoms with Crippen LogP contribution in [0.1, 0.15) is 58.3 Å². The fourth-order valence-electron chi connectivity index (χ4n) is 6.77. The van der Waals surface area contributed by atoms with E-state index in [-0.39, 0.29) is 5.91 Å². The van der Waals surface area contributed by atoms with E-state index in [4.69, 9.17) is 11.6 Å². The molecule has 2 aliphatic carbocycles. The number of thioether (sulfide) groups is 1. The smallest absolute Gasteiger partial charge is 0.251 e. The van der Waals surface area contributed by atoms with Gasteiger partial charge in [0.1, 0.15) is 0 Å². The van der Waals surface area contributed by atoms with Gasteiger partial charge in [0.05, 0.1) is 6.04 Å². The number of nitrogens with one attached hydrogen (secondary N) is 2. The summed E-state index contributed by atoms with van der Waals surface area (Å²) in [4.78, 5) is 13.0. The van der Waals surface area contributed by atoms with E-state index in [0.29, 0.717) is 24.4 Å². The summed E-state index contributed by atoms with van der Waals surface area (Å²) in [6.07, 6.45) is 4.01. The Bertz CT molecular complexity index is 1220. The van der Waals surface area contributed by atoms with Gasteiger partial charge < -0.3 is 10.6 Å².